The van der Waals surface area contributed by atoms with Gasteiger partial charge in [0.25, 0.3) is 0 Å². The van der Waals surface area contributed by atoms with Crippen molar-refractivity contribution in [1.82, 2.24) is 19.7 Å². The summed E-state index contributed by atoms with van der Waals surface area (Å²) in [6.45, 7) is 0.333. The summed E-state index contributed by atoms with van der Waals surface area (Å²) in [6.07, 6.45) is 0. The molecule has 0 bridgehead atoms. The fourth-order valence-corrected chi connectivity index (χ4v) is 3.19. The van der Waals surface area contributed by atoms with Crippen molar-refractivity contribution in [2.75, 3.05) is 11.4 Å². The number of aromatic nitrogens is 3. The maximum absolute atomic E-state index is 13.2. The Labute approximate surface area is 169 Å². The van der Waals surface area contributed by atoms with E-state index in [0.717, 1.165) is 4.68 Å². The van der Waals surface area contributed by atoms with Crippen molar-refractivity contribution in [3.05, 3.63) is 86.4 Å². The van der Waals surface area contributed by atoms with Crippen molar-refractivity contribution in [1.29, 1.82) is 0 Å². The summed E-state index contributed by atoms with van der Waals surface area (Å²) in [4.78, 5) is 38.7. The summed E-state index contributed by atoms with van der Waals surface area (Å²) in [5.41, 5.74) is -0.394. The minimum atomic E-state index is -0.906. The van der Waals surface area contributed by atoms with Crippen molar-refractivity contribution in [3.63, 3.8) is 0 Å². The zero-order valence-electron chi connectivity index (χ0n) is 15.7. The van der Waals surface area contributed by atoms with E-state index >= 15 is 0 Å². The normalized spacial score (nSPS) is 12.7. The Morgan fingerprint density at radius 3 is 2.23 bits per heavy atom. The first kappa shape index (κ1) is 19.5. The molecule has 0 saturated carbocycles. The third kappa shape index (κ3) is 3.84. The Morgan fingerprint density at radius 1 is 0.933 bits per heavy atom. The van der Waals surface area contributed by atoms with Crippen LogP contribution >= 0.6 is 0 Å². The number of benzene rings is 2. The number of hydrogen-bond acceptors (Lipinski definition) is 5. The maximum Gasteiger partial charge on any atom is 0.333 e. The van der Waals surface area contributed by atoms with E-state index in [1.54, 1.807) is 17.0 Å². The largest absolute Gasteiger partial charge is 0.350 e. The lowest BCUT2D eigenvalue weighted by atomic mass is 10.2. The molecule has 10 heteroatoms. The van der Waals surface area contributed by atoms with Crippen LogP contribution in [0.4, 0.5) is 20.4 Å². The topological polar surface area (TPSA) is 89.2 Å². The average molecular weight is 413 g/mol. The molecule has 30 heavy (non-hydrogen) atoms. The van der Waals surface area contributed by atoms with Crippen LogP contribution in [-0.2, 0) is 24.4 Å². The smallest absolute Gasteiger partial charge is 0.333 e. The third-order valence-corrected chi connectivity index (χ3v) is 4.74. The van der Waals surface area contributed by atoms with Gasteiger partial charge < -0.3 is 10.2 Å². The van der Waals surface area contributed by atoms with E-state index in [4.69, 9.17) is 0 Å². The molecule has 4 rings (SSSR count). The lowest BCUT2D eigenvalue weighted by Gasteiger charge is -2.17. The molecule has 1 amide bonds. The van der Waals surface area contributed by atoms with Crippen molar-refractivity contribution >= 4 is 17.5 Å². The highest BCUT2D eigenvalue weighted by Gasteiger charge is 2.26. The number of nitrogens with one attached hydrogen (secondary N) is 1. The second-order valence-corrected chi connectivity index (χ2v) is 6.75. The van der Waals surface area contributed by atoms with Crippen LogP contribution in [0.2, 0.25) is 0 Å². The SMILES string of the molecule is O=C(Cn1nc2n(c(=O)c1=O)CCN2c1ccc(F)cc1)NCc1ccc(F)cc1. The lowest BCUT2D eigenvalue weighted by molar-refractivity contribution is -0.122. The van der Waals surface area contributed by atoms with Gasteiger partial charge in [-0.05, 0) is 42.0 Å². The number of amides is 1. The van der Waals surface area contributed by atoms with Crippen LogP contribution < -0.4 is 21.3 Å². The molecular formula is C20H17F2N5O3. The molecule has 1 aliphatic rings. The van der Waals surface area contributed by atoms with Crippen LogP contribution in [0.15, 0.2) is 58.1 Å². The van der Waals surface area contributed by atoms with Crippen LogP contribution in [0.25, 0.3) is 0 Å². The zero-order chi connectivity index (χ0) is 21.3. The molecule has 154 valence electrons. The Bertz CT molecular complexity index is 1200. The van der Waals surface area contributed by atoms with Gasteiger partial charge in [0.05, 0.1) is 0 Å². The monoisotopic (exact) mass is 413 g/mol. The summed E-state index contributed by atoms with van der Waals surface area (Å²) in [7, 11) is 0. The summed E-state index contributed by atoms with van der Waals surface area (Å²) >= 11 is 0. The molecule has 1 aromatic heterocycles. The molecule has 8 nitrogen and oxygen atoms in total. The van der Waals surface area contributed by atoms with Gasteiger partial charge in [-0.1, -0.05) is 12.1 Å². The van der Waals surface area contributed by atoms with Gasteiger partial charge in [-0.3, -0.25) is 19.0 Å². The molecule has 3 aromatic rings. The number of hydrogen-bond donors (Lipinski definition) is 1. The van der Waals surface area contributed by atoms with Crippen LogP contribution in [-0.4, -0.2) is 26.8 Å². The number of nitrogens with zero attached hydrogens (tertiary/aromatic N) is 4. The summed E-state index contributed by atoms with van der Waals surface area (Å²) in [6, 6.07) is 11.3. The number of fused-ring (bicyclic) bond motifs is 1. The molecule has 2 heterocycles. The minimum absolute atomic E-state index is 0.138. The number of carbonyl (C=O) groups is 1. The van der Waals surface area contributed by atoms with E-state index in [2.05, 4.69) is 10.4 Å². The highest BCUT2D eigenvalue weighted by molar-refractivity contribution is 5.75. The van der Waals surface area contributed by atoms with Crippen molar-refractivity contribution in [2.45, 2.75) is 19.6 Å². The molecule has 0 unspecified atom stereocenters. The number of rotatable bonds is 5. The van der Waals surface area contributed by atoms with Gasteiger partial charge in [0.15, 0.2) is 0 Å². The summed E-state index contributed by atoms with van der Waals surface area (Å²) in [5, 5.41) is 6.79. The predicted molar refractivity (Wildman–Crippen MR) is 104 cm³/mol. The number of halogens is 2. The van der Waals surface area contributed by atoms with Crippen molar-refractivity contribution in [2.24, 2.45) is 0 Å². The number of anilines is 2. The second-order valence-electron chi connectivity index (χ2n) is 6.75. The van der Waals surface area contributed by atoms with Crippen LogP contribution in [0.3, 0.4) is 0 Å². The Hall–Kier alpha value is -3.82. The second kappa shape index (κ2) is 7.90. The molecular weight excluding hydrogens is 396 g/mol. The van der Waals surface area contributed by atoms with E-state index < -0.39 is 29.4 Å². The van der Waals surface area contributed by atoms with Gasteiger partial charge in [0.1, 0.15) is 18.2 Å². The van der Waals surface area contributed by atoms with E-state index in [-0.39, 0.29) is 24.9 Å². The molecule has 0 aliphatic carbocycles. The van der Waals surface area contributed by atoms with Gasteiger partial charge in [-0.2, -0.15) is 0 Å². The minimum Gasteiger partial charge on any atom is -0.350 e. The van der Waals surface area contributed by atoms with Gasteiger partial charge in [-0.15, -0.1) is 5.10 Å². The van der Waals surface area contributed by atoms with E-state index in [1.807, 2.05) is 0 Å². The van der Waals surface area contributed by atoms with Crippen molar-refractivity contribution in [3.8, 4) is 0 Å². The predicted octanol–water partition coefficient (Wildman–Crippen LogP) is 1.15. The first-order valence-electron chi connectivity index (χ1n) is 9.18. The highest BCUT2D eigenvalue weighted by Crippen LogP contribution is 2.26. The van der Waals surface area contributed by atoms with Crippen molar-refractivity contribution < 1.29 is 13.6 Å². The van der Waals surface area contributed by atoms with Crippen LogP contribution in [0.5, 0.6) is 0 Å². The Morgan fingerprint density at radius 2 is 1.57 bits per heavy atom. The molecule has 0 fully saturated rings. The first-order chi connectivity index (χ1) is 14.4. The summed E-state index contributed by atoms with van der Waals surface area (Å²) in [5.74, 6) is -1.10. The molecule has 1 aliphatic heterocycles. The molecule has 1 N–H and O–H groups in total. The first-order valence-corrected chi connectivity index (χ1v) is 9.18. The average Bonchev–Trinajstić information content (AvgIpc) is 3.16. The lowest BCUT2D eigenvalue weighted by Crippen LogP contribution is -2.44. The summed E-state index contributed by atoms with van der Waals surface area (Å²) < 4.78 is 28.2. The van der Waals surface area contributed by atoms with Crippen LogP contribution in [0, 0.1) is 11.6 Å². The van der Waals surface area contributed by atoms with Gasteiger partial charge in [0.2, 0.25) is 11.9 Å². The fraction of sp³-hybridized carbons (Fsp3) is 0.200. The van der Waals surface area contributed by atoms with Gasteiger partial charge in [-0.25, -0.2) is 13.5 Å². The maximum atomic E-state index is 13.2. The molecule has 0 saturated heterocycles. The molecule has 0 atom stereocenters. The Balaban J connectivity index is 1.55. The molecule has 0 spiro atoms. The van der Waals surface area contributed by atoms with E-state index in [9.17, 15) is 23.2 Å². The molecule has 0 radical (unpaired) electrons. The van der Waals surface area contributed by atoms with E-state index in [1.165, 1.54) is 41.0 Å². The third-order valence-electron chi connectivity index (χ3n) is 4.74. The van der Waals surface area contributed by atoms with Crippen LogP contribution in [0.1, 0.15) is 5.56 Å². The standard InChI is InChI=1S/C20H17F2N5O3/c21-14-3-1-13(2-4-14)11-23-17(28)12-27-19(30)18(29)26-10-9-25(20(26)24-27)16-7-5-15(22)6-8-16/h1-8H,9-12H2,(H,23,28). The highest BCUT2D eigenvalue weighted by atomic mass is 19.1. The quantitative estimate of drug-likeness (QED) is 0.634. The van der Waals surface area contributed by atoms with Gasteiger partial charge in [0, 0.05) is 25.3 Å². The number of carbonyl (C=O) groups excluding carboxylic acids is 1. The van der Waals surface area contributed by atoms with Gasteiger partial charge >= 0.3 is 11.1 Å². The molecule has 2 aromatic carbocycles. The zero-order valence-corrected chi connectivity index (χ0v) is 15.7. The fourth-order valence-electron chi connectivity index (χ4n) is 3.19. The Kier molecular flexibility index (Phi) is 5.13. The van der Waals surface area contributed by atoms with E-state index in [0.29, 0.717) is 17.8 Å².